The molecule has 1 fully saturated rings. The summed E-state index contributed by atoms with van der Waals surface area (Å²) in [5.41, 5.74) is 0.398. The summed E-state index contributed by atoms with van der Waals surface area (Å²) in [4.78, 5) is 46.3. The summed E-state index contributed by atoms with van der Waals surface area (Å²) in [5, 5.41) is 3.50. The summed E-state index contributed by atoms with van der Waals surface area (Å²) in [6.07, 6.45) is 3.28. The second-order valence-corrected chi connectivity index (χ2v) is 10.0. The number of rotatable bonds is 4. The van der Waals surface area contributed by atoms with Crippen molar-refractivity contribution in [1.82, 2.24) is 14.8 Å². The van der Waals surface area contributed by atoms with Gasteiger partial charge in [-0.1, -0.05) is 18.3 Å². The van der Waals surface area contributed by atoms with Crippen molar-refractivity contribution < 1.29 is 19.1 Å². The second kappa shape index (κ2) is 9.32. The van der Waals surface area contributed by atoms with Crippen LogP contribution in [0.1, 0.15) is 63.9 Å². The number of carbonyl (C=O) groups excluding carboxylic acids is 3. The van der Waals surface area contributed by atoms with Crippen LogP contribution in [0.5, 0.6) is 0 Å². The molecule has 3 rings (SSSR count). The lowest BCUT2D eigenvalue weighted by atomic mass is 9.97. The van der Waals surface area contributed by atoms with Crippen LogP contribution in [0.2, 0.25) is 0 Å². The highest BCUT2D eigenvalue weighted by Crippen LogP contribution is 2.30. The molecular formula is C21H32N4O4S. The molecule has 1 unspecified atom stereocenters. The van der Waals surface area contributed by atoms with Gasteiger partial charge in [0.15, 0.2) is 5.13 Å². The van der Waals surface area contributed by atoms with E-state index >= 15 is 0 Å². The first kappa shape index (κ1) is 22.5. The predicted octanol–water partition coefficient (Wildman–Crippen LogP) is 3.41. The van der Waals surface area contributed by atoms with Gasteiger partial charge in [0.25, 0.3) is 0 Å². The highest BCUT2D eigenvalue weighted by atomic mass is 32.1. The number of hydrogen-bond acceptors (Lipinski definition) is 6. The Labute approximate surface area is 182 Å². The third kappa shape index (κ3) is 5.71. The van der Waals surface area contributed by atoms with E-state index in [-0.39, 0.29) is 23.8 Å². The van der Waals surface area contributed by atoms with Crippen molar-refractivity contribution in [3.63, 3.8) is 0 Å². The van der Waals surface area contributed by atoms with E-state index in [1.54, 1.807) is 4.90 Å². The zero-order valence-corrected chi connectivity index (χ0v) is 19.1. The third-order valence-electron chi connectivity index (χ3n) is 5.22. The Morgan fingerprint density at radius 2 is 2.00 bits per heavy atom. The van der Waals surface area contributed by atoms with E-state index < -0.39 is 5.60 Å². The topological polar surface area (TPSA) is 91.8 Å². The van der Waals surface area contributed by atoms with Gasteiger partial charge in [0.2, 0.25) is 11.8 Å². The van der Waals surface area contributed by atoms with E-state index in [0.29, 0.717) is 37.6 Å². The molecule has 1 aromatic heterocycles. The van der Waals surface area contributed by atoms with Crippen LogP contribution < -0.4 is 5.32 Å². The monoisotopic (exact) mass is 436 g/mol. The molecule has 1 N–H and O–H groups in total. The summed E-state index contributed by atoms with van der Waals surface area (Å²) in [7, 11) is 0. The van der Waals surface area contributed by atoms with E-state index in [4.69, 9.17) is 4.74 Å². The molecule has 9 heteroatoms. The van der Waals surface area contributed by atoms with Crippen molar-refractivity contribution >= 4 is 34.4 Å². The Morgan fingerprint density at radius 1 is 1.23 bits per heavy atom. The Kier molecular flexibility index (Phi) is 7.00. The molecule has 0 aromatic carbocycles. The highest BCUT2D eigenvalue weighted by molar-refractivity contribution is 7.15. The van der Waals surface area contributed by atoms with Gasteiger partial charge in [-0.25, -0.2) is 9.78 Å². The average molecular weight is 437 g/mol. The van der Waals surface area contributed by atoms with Crippen LogP contribution >= 0.6 is 11.3 Å². The number of nitrogens with zero attached hydrogens (tertiary/aromatic N) is 3. The molecule has 1 saturated heterocycles. The van der Waals surface area contributed by atoms with E-state index in [2.05, 4.69) is 10.3 Å². The zero-order valence-electron chi connectivity index (χ0n) is 18.3. The standard InChI is InChI=1S/C21H32N4O4S/c1-5-7-17(26)24-10-6-8-14(12-24)18(27)23-19-22-15-9-11-25(13-16(15)30-19)20(28)29-21(2,3)4/h14H,5-13H2,1-4H3,(H,22,23,27). The Hall–Kier alpha value is -2.16. The maximum absolute atomic E-state index is 12.8. The van der Waals surface area contributed by atoms with Crippen molar-refractivity contribution in [2.24, 2.45) is 5.92 Å². The zero-order chi connectivity index (χ0) is 21.9. The molecule has 8 nitrogen and oxygen atoms in total. The fourth-order valence-electron chi connectivity index (χ4n) is 3.73. The molecule has 0 saturated carbocycles. The van der Waals surface area contributed by atoms with Crippen molar-refractivity contribution in [3.8, 4) is 0 Å². The van der Waals surface area contributed by atoms with Gasteiger partial charge in [-0.15, -0.1) is 0 Å². The van der Waals surface area contributed by atoms with Gasteiger partial charge in [0.1, 0.15) is 5.60 Å². The quantitative estimate of drug-likeness (QED) is 0.781. The van der Waals surface area contributed by atoms with Crippen LogP contribution in [0.25, 0.3) is 0 Å². The van der Waals surface area contributed by atoms with Crippen molar-refractivity contribution in [2.45, 2.75) is 71.9 Å². The van der Waals surface area contributed by atoms with E-state index in [1.807, 2.05) is 32.6 Å². The number of thiazole rings is 1. The number of nitrogens with one attached hydrogen (secondary N) is 1. The van der Waals surface area contributed by atoms with Gasteiger partial charge in [-0.2, -0.15) is 0 Å². The van der Waals surface area contributed by atoms with Crippen LogP contribution in [-0.2, 0) is 27.3 Å². The maximum Gasteiger partial charge on any atom is 0.410 e. The van der Waals surface area contributed by atoms with Crippen LogP contribution in [0.3, 0.4) is 0 Å². The van der Waals surface area contributed by atoms with E-state index in [0.717, 1.165) is 36.4 Å². The van der Waals surface area contributed by atoms with E-state index in [1.165, 1.54) is 11.3 Å². The number of amides is 3. The van der Waals surface area contributed by atoms with Crippen LogP contribution in [-0.4, -0.2) is 57.9 Å². The van der Waals surface area contributed by atoms with Crippen LogP contribution in [0.15, 0.2) is 0 Å². The molecule has 1 aromatic rings. The second-order valence-electron chi connectivity index (χ2n) is 8.96. The first-order chi connectivity index (χ1) is 14.2. The molecule has 0 radical (unpaired) electrons. The van der Waals surface area contributed by atoms with E-state index in [9.17, 15) is 14.4 Å². The lowest BCUT2D eigenvalue weighted by molar-refractivity contribution is -0.134. The largest absolute Gasteiger partial charge is 0.444 e. The minimum absolute atomic E-state index is 0.0842. The van der Waals surface area contributed by atoms with Gasteiger partial charge in [-0.3, -0.25) is 9.59 Å². The number of anilines is 1. The lowest BCUT2D eigenvalue weighted by Crippen LogP contribution is -2.43. The van der Waals surface area contributed by atoms with Gasteiger partial charge in [-0.05, 0) is 40.0 Å². The third-order valence-corrected chi connectivity index (χ3v) is 6.22. The SMILES string of the molecule is CCCC(=O)N1CCCC(C(=O)Nc2nc3c(s2)CN(C(=O)OC(C)(C)C)CC3)C1. The first-order valence-electron chi connectivity index (χ1n) is 10.7. The molecule has 0 aliphatic carbocycles. The summed E-state index contributed by atoms with van der Waals surface area (Å²) in [6, 6.07) is 0. The fraction of sp³-hybridized carbons (Fsp3) is 0.714. The van der Waals surface area contributed by atoms with Gasteiger partial charge in [0, 0.05) is 37.4 Å². The Morgan fingerprint density at radius 3 is 2.70 bits per heavy atom. The van der Waals surface area contributed by atoms with Gasteiger partial charge in [0.05, 0.1) is 18.2 Å². The first-order valence-corrected chi connectivity index (χ1v) is 11.5. The lowest BCUT2D eigenvalue weighted by Gasteiger charge is -2.31. The molecule has 1 atom stereocenters. The normalized spacial score (nSPS) is 19.3. The fourth-order valence-corrected chi connectivity index (χ4v) is 4.76. The predicted molar refractivity (Wildman–Crippen MR) is 115 cm³/mol. The molecular weight excluding hydrogens is 404 g/mol. The molecule has 0 bridgehead atoms. The Balaban J connectivity index is 1.58. The van der Waals surface area contributed by atoms with Crippen molar-refractivity contribution in [3.05, 3.63) is 10.6 Å². The molecule has 30 heavy (non-hydrogen) atoms. The average Bonchev–Trinajstić information content (AvgIpc) is 3.08. The molecule has 2 aliphatic heterocycles. The van der Waals surface area contributed by atoms with Crippen LogP contribution in [0, 0.1) is 5.92 Å². The number of carbonyl (C=O) groups is 3. The minimum atomic E-state index is -0.531. The molecule has 3 amide bonds. The summed E-state index contributed by atoms with van der Waals surface area (Å²) >= 11 is 1.41. The van der Waals surface area contributed by atoms with Crippen molar-refractivity contribution in [1.29, 1.82) is 0 Å². The van der Waals surface area contributed by atoms with Gasteiger partial charge >= 0.3 is 6.09 Å². The highest BCUT2D eigenvalue weighted by Gasteiger charge is 2.30. The van der Waals surface area contributed by atoms with Gasteiger partial charge < -0.3 is 19.9 Å². The summed E-state index contributed by atoms with van der Waals surface area (Å²) in [5.74, 6) is -0.167. The summed E-state index contributed by atoms with van der Waals surface area (Å²) < 4.78 is 5.46. The number of ether oxygens (including phenoxy) is 1. The summed E-state index contributed by atoms with van der Waals surface area (Å²) in [6.45, 7) is 9.74. The number of fused-ring (bicyclic) bond motifs is 1. The number of piperidine rings is 1. The Bertz CT molecular complexity index is 801. The van der Waals surface area contributed by atoms with Crippen LogP contribution in [0.4, 0.5) is 9.93 Å². The van der Waals surface area contributed by atoms with Crippen molar-refractivity contribution in [2.75, 3.05) is 25.0 Å². The molecule has 166 valence electrons. The molecule has 2 aliphatic rings. The maximum atomic E-state index is 12.8. The number of hydrogen-bond donors (Lipinski definition) is 1. The number of likely N-dealkylation sites (tertiary alicyclic amines) is 1. The number of aromatic nitrogens is 1. The smallest absolute Gasteiger partial charge is 0.410 e. The minimum Gasteiger partial charge on any atom is -0.444 e. The molecule has 0 spiro atoms. The molecule has 3 heterocycles.